The van der Waals surface area contributed by atoms with E-state index < -0.39 is 0 Å². The van der Waals surface area contributed by atoms with Gasteiger partial charge in [0.25, 0.3) is 0 Å². The first-order valence-corrected chi connectivity index (χ1v) is 4.28. The van der Waals surface area contributed by atoms with Crippen molar-refractivity contribution < 1.29 is 11.0 Å². The Morgan fingerprint density at radius 2 is 1.20 bits per heavy atom. The normalized spacial score (nSPS) is 8.67. The summed E-state index contributed by atoms with van der Waals surface area (Å²) in [5.74, 6) is 0. The summed E-state index contributed by atoms with van der Waals surface area (Å²) >= 11 is 0. The van der Waals surface area contributed by atoms with Crippen LogP contribution >= 0.6 is 0 Å². The van der Waals surface area contributed by atoms with Gasteiger partial charge in [0.1, 0.15) is 0 Å². The van der Waals surface area contributed by atoms with Gasteiger partial charge in [0, 0.05) is 0 Å². The number of hydrogen-bond donors (Lipinski definition) is 0. The van der Waals surface area contributed by atoms with E-state index in [-0.39, 0.29) is 11.0 Å². The summed E-state index contributed by atoms with van der Waals surface area (Å²) in [5, 5.41) is 0. The first kappa shape index (κ1) is 13.4. The van der Waals surface area contributed by atoms with E-state index >= 15 is 0 Å². The second-order valence-electron chi connectivity index (χ2n) is 2.95. The molecule has 0 aliphatic carbocycles. The van der Waals surface area contributed by atoms with Crippen LogP contribution in [0.15, 0.2) is 54.6 Å². The first-order valence-electron chi connectivity index (χ1n) is 4.28. The quantitative estimate of drug-likeness (QED) is 0.655. The van der Waals surface area contributed by atoms with Crippen molar-refractivity contribution in [3.05, 3.63) is 54.6 Å². The second kappa shape index (κ2) is 6.01. The molecule has 0 aromatic heterocycles. The molecule has 0 unspecified atom stereocenters. The predicted molar refractivity (Wildman–Crippen MR) is 61.1 cm³/mol. The van der Waals surface area contributed by atoms with Crippen molar-refractivity contribution in [2.45, 2.75) is 0 Å². The van der Waals surface area contributed by atoms with E-state index in [0.717, 1.165) is 11.0 Å². The number of rotatable bonds is 1. The van der Waals surface area contributed by atoms with Crippen molar-refractivity contribution in [3.8, 4) is 11.1 Å². The van der Waals surface area contributed by atoms with Crippen LogP contribution in [0.2, 0.25) is 0 Å². The van der Waals surface area contributed by atoms with Gasteiger partial charge in [0.15, 0.2) is 0 Å². The van der Waals surface area contributed by atoms with Crippen molar-refractivity contribution in [1.82, 2.24) is 0 Å². The third-order valence-electron chi connectivity index (χ3n) is 2.05. The van der Waals surface area contributed by atoms with Crippen LogP contribution in [-0.4, -0.2) is 18.8 Å². The van der Waals surface area contributed by atoms with Crippen LogP contribution < -0.4 is 5.46 Å². The zero-order chi connectivity index (χ0) is 9.10. The molecule has 0 fully saturated rings. The number of benzene rings is 2. The van der Waals surface area contributed by atoms with Gasteiger partial charge in [0.2, 0.25) is 0 Å². The fraction of sp³-hybridized carbons (Fsp3) is 0. The molecule has 0 saturated carbocycles. The topological polar surface area (TPSA) is 60.0 Å². The minimum absolute atomic E-state index is 0. The third kappa shape index (κ3) is 2.94. The molecule has 0 spiro atoms. The second-order valence-corrected chi connectivity index (χ2v) is 2.95. The number of hydrogen-bond acceptors (Lipinski definition) is 2. The minimum Gasteiger partial charge on any atom is -0.870 e. The summed E-state index contributed by atoms with van der Waals surface area (Å²) < 4.78 is 0. The van der Waals surface area contributed by atoms with E-state index in [2.05, 4.69) is 12.1 Å². The minimum atomic E-state index is 0. The van der Waals surface area contributed by atoms with Gasteiger partial charge in [-0.05, 0) is 0 Å². The third-order valence-corrected chi connectivity index (χ3v) is 2.05. The van der Waals surface area contributed by atoms with Gasteiger partial charge in [-0.15, -0.1) is 0 Å². The zero-order valence-electron chi connectivity index (χ0n) is 8.17. The SMILES string of the molecule is [B+2]c1ccccc1-c1ccccc1.[OH-].[OH-]. The molecule has 2 nitrogen and oxygen atoms in total. The molecule has 0 bridgehead atoms. The average molecular weight is 198 g/mol. The molecule has 0 atom stereocenters. The Balaban J connectivity index is 0.000000980. The molecule has 0 aliphatic rings. The van der Waals surface area contributed by atoms with Crippen LogP contribution in [-0.2, 0) is 0 Å². The van der Waals surface area contributed by atoms with Crippen molar-refractivity contribution in [3.63, 3.8) is 0 Å². The summed E-state index contributed by atoms with van der Waals surface area (Å²) in [4.78, 5) is 0. The van der Waals surface area contributed by atoms with Gasteiger partial charge in [-0.1, -0.05) is 0 Å². The summed E-state index contributed by atoms with van der Waals surface area (Å²) in [6, 6.07) is 18.1. The van der Waals surface area contributed by atoms with E-state index in [4.69, 9.17) is 7.85 Å². The van der Waals surface area contributed by atoms with Crippen molar-refractivity contribution in [2.24, 2.45) is 0 Å². The van der Waals surface area contributed by atoms with Gasteiger partial charge in [-0.3, -0.25) is 0 Å². The zero-order valence-corrected chi connectivity index (χ0v) is 8.17. The molecule has 2 aromatic rings. The first-order chi connectivity index (χ1) is 6.38. The smallest absolute Gasteiger partial charge is 0.870 e. The van der Waals surface area contributed by atoms with Gasteiger partial charge in [-0.2, -0.15) is 0 Å². The van der Waals surface area contributed by atoms with Gasteiger partial charge in [0.05, 0.1) is 0 Å². The van der Waals surface area contributed by atoms with E-state index in [1.807, 2.05) is 42.5 Å². The fourth-order valence-corrected chi connectivity index (χ4v) is 1.38. The van der Waals surface area contributed by atoms with E-state index in [9.17, 15) is 0 Å². The maximum atomic E-state index is 5.85. The van der Waals surface area contributed by atoms with Crippen LogP contribution in [0.4, 0.5) is 0 Å². The summed E-state index contributed by atoms with van der Waals surface area (Å²) in [6.07, 6.45) is 0. The van der Waals surface area contributed by atoms with E-state index in [1.165, 1.54) is 5.56 Å². The average Bonchev–Trinajstić information content (AvgIpc) is 2.20. The van der Waals surface area contributed by atoms with Gasteiger partial charge < -0.3 is 11.0 Å². The standard InChI is InChI=1S/C12H9B.2H2O/c13-12-9-5-4-8-11(12)10-6-2-1-3-7-10;;/h1-9H;2*1H2/q+2;;/p-2. The molecule has 0 radical (unpaired) electrons. The molecule has 2 aromatic carbocycles. The monoisotopic (exact) mass is 198 g/mol. The van der Waals surface area contributed by atoms with Crippen molar-refractivity contribution >= 4 is 13.3 Å². The Labute approximate surface area is 90.6 Å². The Morgan fingerprint density at radius 3 is 1.80 bits per heavy atom. The van der Waals surface area contributed by atoms with Crippen molar-refractivity contribution in [2.75, 3.05) is 0 Å². The Morgan fingerprint density at radius 1 is 0.667 bits per heavy atom. The molecule has 0 amide bonds. The van der Waals surface area contributed by atoms with E-state index in [0.29, 0.717) is 0 Å². The Hall–Kier alpha value is -1.58. The summed E-state index contributed by atoms with van der Waals surface area (Å²) in [7, 11) is 5.85. The molecule has 2 N–H and O–H groups in total. The summed E-state index contributed by atoms with van der Waals surface area (Å²) in [5.41, 5.74) is 3.09. The van der Waals surface area contributed by atoms with Crippen LogP contribution in [0.5, 0.6) is 0 Å². The molecule has 0 heterocycles. The van der Waals surface area contributed by atoms with Crippen LogP contribution in [0.25, 0.3) is 11.1 Å². The van der Waals surface area contributed by atoms with Crippen LogP contribution in [0, 0.1) is 0 Å². The van der Waals surface area contributed by atoms with E-state index in [1.54, 1.807) is 0 Å². The summed E-state index contributed by atoms with van der Waals surface area (Å²) in [6.45, 7) is 0. The van der Waals surface area contributed by atoms with Gasteiger partial charge >= 0.3 is 79.0 Å². The maximum absolute atomic E-state index is 5.85. The van der Waals surface area contributed by atoms with Crippen LogP contribution in [0.3, 0.4) is 0 Å². The Bertz CT molecular complexity index is 401. The van der Waals surface area contributed by atoms with Crippen LogP contribution in [0.1, 0.15) is 0 Å². The molecular weight excluding hydrogens is 187 g/mol. The molecule has 0 saturated heterocycles. The molecule has 0 aliphatic heterocycles. The molecular formula is C12H11BO2. The molecule has 15 heavy (non-hydrogen) atoms. The predicted octanol–water partition coefficient (Wildman–Crippen LogP) is 1.79. The molecule has 2 rings (SSSR count). The maximum Gasteiger partial charge on any atom is -0.870 e. The largest absolute Gasteiger partial charge is 0.870 e. The molecule has 3 heteroatoms. The fourth-order valence-electron chi connectivity index (χ4n) is 1.38. The van der Waals surface area contributed by atoms with Gasteiger partial charge in [-0.25, -0.2) is 0 Å². The molecule has 74 valence electrons. The Kier molecular flexibility index (Phi) is 5.38. The van der Waals surface area contributed by atoms with Crippen molar-refractivity contribution in [1.29, 1.82) is 0 Å².